The first-order valence-electron chi connectivity index (χ1n) is 7.34. The Kier molecular flexibility index (Phi) is 7.20. The molecule has 1 fully saturated rings. The molecule has 7 nitrogen and oxygen atoms in total. The summed E-state index contributed by atoms with van der Waals surface area (Å²) in [4.78, 5) is 26.8. The number of carboxylic acids is 1. The van der Waals surface area contributed by atoms with E-state index in [1.165, 1.54) is 5.06 Å². The number of ether oxygens (including phenoxy) is 2. The van der Waals surface area contributed by atoms with Crippen LogP contribution in [0.15, 0.2) is 36.4 Å². The van der Waals surface area contributed by atoms with E-state index in [1.807, 2.05) is 18.2 Å². The van der Waals surface area contributed by atoms with E-state index in [9.17, 15) is 9.59 Å². The van der Waals surface area contributed by atoms with Crippen LogP contribution in [-0.2, 0) is 30.5 Å². The molecule has 1 N–H and O–H groups in total. The Balaban J connectivity index is 1.72. The lowest BCUT2D eigenvalue weighted by Crippen LogP contribution is -2.45. The Bertz CT molecular complexity index is 606. The van der Waals surface area contributed by atoms with Crippen molar-refractivity contribution in [2.24, 2.45) is 0 Å². The molecule has 24 heavy (non-hydrogen) atoms. The maximum absolute atomic E-state index is 11.5. The predicted molar refractivity (Wildman–Crippen MR) is 85.3 cm³/mol. The van der Waals surface area contributed by atoms with Crippen LogP contribution < -0.4 is 0 Å². The zero-order chi connectivity index (χ0) is 17.4. The highest BCUT2D eigenvalue weighted by Crippen LogP contribution is 2.12. The van der Waals surface area contributed by atoms with Crippen molar-refractivity contribution >= 4 is 23.5 Å². The van der Waals surface area contributed by atoms with Gasteiger partial charge < -0.3 is 19.4 Å². The molecule has 0 amide bonds. The second-order valence-electron chi connectivity index (χ2n) is 5.11. The van der Waals surface area contributed by atoms with Gasteiger partial charge in [0.25, 0.3) is 0 Å². The molecule has 0 aromatic heterocycles. The summed E-state index contributed by atoms with van der Waals surface area (Å²) in [6, 6.07) is 7.38. The second-order valence-corrected chi connectivity index (χ2v) is 5.54. The minimum absolute atomic E-state index is 0.241. The molecule has 1 aromatic carbocycles. The lowest BCUT2D eigenvalue weighted by atomic mass is 10.2. The predicted octanol–water partition coefficient (Wildman–Crippen LogP) is 1.66. The third-order valence-corrected chi connectivity index (χ3v) is 3.38. The van der Waals surface area contributed by atoms with Crippen molar-refractivity contribution in [1.82, 2.24) is 5.06 Å². The average molecular weight is 356 g/mol. The number of rotatable bonds is 7. The van der Waals surface area contributed by atoms with Crippen LogP contribution >= 0.6 is 11.6 Å². The Morgan fingerprint density at radius 1 is 1.42 bits per heavy atom. The molecule has 0 saturated carbocycles. The van der Waals surface area contributed by atoms with E-state index < -0.39 is 11.9 Å². The topological polar surface area (TPSA) is 85.3 Å². The van der Waals surface area contributed by atoms with Crippen LogP contribution in [0, 0.1) is 0 Å². The highest BCUT2D eigenvalue weighted by Gasteiger charge is 2.23. The second kappa shape index (κ2) is 9.39. The normalized spacial score (nSPS) is 18.6. The first kappa shape index (κ1) is 18.4. The van der Waals surface area contributed by atoms with Crippen molar-refractivity contribution in [3.8, 4) is 0 Å². The molecule has 130 valence electrons. The number of carboxylic acid groups (broad SMARTS) is 1. The number of hydroxylamine groups is 2. The molecule has 0 aliphatic carbocycles. The van der Waals surface area contributed by atoms with Gasteiger partial charge in [-0.25, -0.2) is 9.59 Å². The lowest BCUT2D eigenvalue weighted by Gasteiger charge is -2.30. The van der Waals surface area contributed by atoms with Gasteiger partial charge >= 0.3 is 11.9 Å². The molecule has 2 rings (SSSR count). The smallest absolute Gasteiger partial charge is 0.349 e. The molecule has 1 aliphatic rings. The first-order chi connectivity index (χ1) is 11.5. The van der Waals surface area contributed by atoms with Crippen molar-refractivity contribution in [3.63, 3.8) is 0 Å². The summed E-state index contributed by atoms with van der Waals surface area (Å²) in [5.41, 5.74) is 0.959. The molecular formula is C16H18ClNO6. The summed E-state index contributed by atoms with van der Waals surface area (Å²) in [6.45, 7) is 1.90. The SMILES string of the molecule is O=C(O)/C=C\C(=O)ON1CCOC(COCc2cccc(Cl)c2)C1. The number of morpholine rings is 1. The number of halogens is 1. The first-order valence-corrected chi connectivity index (χ1v) is 7.72. The van der Waals surface area contributed by atoms with Crippen LogP contribution in [0.2, 0.25) is 5.02 Å². The van der Waals surface area contributed by atoms with E-state index in [0.717, 1.165) is 17.7 Å². The van der Waals surface area contributed by atoms with Crippen molar-refractivity contribution < 1.29 is 29.0 Å². The van der Waals surface area contributed by atoms with E-state index in [2.05, 4.69) is 0 Å². The summed E-state index contributed by atoms with van der Waals surface area (Å²) >= 11 is 5.91. The number of hydrogen-bond donors (Lipinski definition) is 1. The summed E-state index contributed by atoms with van der Waals surface area (Å²) in [6.07, 6.45) is 1.35. The summed E-state index contributed by atoms with van der Waals surface area (Å²) in [7, 11) is 0. The van der Waals surface area contributed by atoms with Crippen LogP contribution in [0.3, 0.4) is 0 Å². The van der Waals surface area contributed by atoms with E-state index in [4.69, 9.17) is 31.0 Å². The molecule has 1 unspecified atom stereocenters. The van der Waals surface area contributed by atoms with Gasteiger partial charge in [0.1, 0.15) is 0 Å². The standard InChI is InChI=1S/C16H18ClNO6/c17-13-3-1-2-12(8-13)10-22-11-14-9-18(6-7-23-14)24-16(21)5-4-15(19)20/h1-5,8,14H,6-7,9-11H2,(H,19,20)/b5-4-. The summed E-state index contributed by atoms with van der Waals surface area (Å²) in [5.74, 6) is -1.95. The van der Waals surface area contributed by atoms with Crippen molar-refractivity contribution in [1.29, 1.82) is 0 Å². The van der Waals surface area contributed by atoms with Gasteiger partial charge in [-0.15, -0.1) is 5.06 Å². The number of aliphatic carboxylic acids is 1. The molecule has 1 saturated heterocycles. The Labute approximate surface area is 144 Å². The van der Waals surface area contributed by atoms with E-state index in [1.54, 1.807) is 6.07 Å². The molecular weight excluding hydrogens is 338 g/mol. The van der Waals surface area contributed by atoms with Crippen molar-refractivity contribution in [2.75, 3.05) is 26.3 Å². The van der Waals surface area contributed by atoms with Crippen molar-refractivity contribution in [3.05, 3.63) is 47.0 Å². The van der Waals surface area contributed by atoms with Gasteiger partial charge in [-0.2, -0.15) is 0 Å². The Morgan fingerprint density at radius 2 is 2.25 bits per heavy atom. The molecule has 1 atom stereocenters. The molecule has 8 heteroatoms. The van der Waals surface area contributed by atoms with Gasteiger partial charge in [-0.1, -0.05) is 23.7 Å². The third kappa shape index (κ3) is 6.67. The number of benzene rings is 1. The number of carbonyl (C=O) groups is 2. The van der Waals surface area contributed by atoms with Gasteiger partial charge in [0.15, 0.2) is 0 Å². The fraction of sp³-hybridized carbons (Fsp3) is 0.375. The van der Waals surface area contributed by atoms with Crippen LogP contribution in [0.4, 0.5) is 0 Å². The maximum Gasteiger partial charge on any atom is 0.349 e. The largest absolute Gasteiger partial charge is 0.478 e. The molecule has 1 aromatic rings. The molecule has 0 bridgehead atoms. The third-order valence-electron chi connectivity index (χ3n) is 3.14. The molecule has 0 spiro atoms. The molecule has 1 aliphatic heterocycles. The zero-order valence-corrected chi connectivity index (χ0v) is 13.6. The monoisotopic (exact) mass is 355 g/mol. The van der Waals surface area contributed by atoms with Gasteiger partial charge in [0.05, 0.1) is 39.0 Å². The van der Waals surface area contributed by atoms with Gasteiger partial charge in [0.2, 0.25) is 0 Å². The zero-order valence-electron chi connectivity index (χ0n) is 12.9. The van der Waals surface area contributed by atoms with Crippen LogP contribution in [0.25, 0.3) is 0 Å². The minimum atomic E-state index is -1.21. The highest BCUT2D eigenvalue weighted by molar-refractivity contribution is 6.30. The number of carbonyl (C=O) groups excluding carboxylic acids is 1. The van der Waals surface area contributed by atoms with Gasteiger partial charge in [-0.3, -0.25) is 0 Å². The molecule has 1 heterocycles. The summed E-state index contributed by atoms with van der Waals surface area (Å²) in [5, 5.41) is 10.6. The number of nitrogens with zero attached hydrogens (tertiary/aromatic N) is 1. The molecule has 0 radical (unpaired) electrons. The van der Waals surface area contributed by atoms with Gasteiger partial charge in [-0.05, 0) is 17.7 Å². The fourth-order valence-electron chi connectivity index (χ4n) is 2.11. The van der Waals surface area contributed by atoms with E-state index in [-0.39, 0.29) is 6.10 Å². The van der Waals surface area contributed by atoms with Crippen LogP contribution in [0.5, 0.6) is 0 Å². The minimum Gasteiger partial charge on any atom is -0.478 e. The Morgan fingerprint density at radius 3 is 3.00 bits per heavy atom. The van der Waals surface area contributed by atoms with Crippen molar-refractivity contribution in [2.45, 2.75) is 12.7 Å². The number of hydrogen-bond acceptors (Lipinski definition) is 6. The highest BCUT2D eigenvalue weighted by atomic mass is 35.5. The maximum atomic E-state index is 11.5. The summed E-state index contributed by atoms with van der Waals surface area (Å²) < 4.78 is 11.2. The van der Waals surface area contributed by atoms with Crippen LogP contribution in [-0.4, -0.2) is 54.5 Å². The average Bonchev–Trinajstić information content (AvgIpc) is 2.53. The lowest BCUT2D eigenvalue weighted by molar-refractivity contribution is -0.214. The fourth-order valence-corrected chi connectivity index (χ4v) is 2.32. The Hall–Kier alpha value is -1.93. The van der Waals surface area contributed by atoms with Crippen LogP contribution in [0.1, 0.15) is 5.56 Å². The quantitative estimate of drug-likeness (QED) is 0.744. The van der Waals surface area contributed by atoms with E-state index in [0.29, 0.717) is 37.9 Å². The van der Waals surface area contributed by atoms with E-state index >= 15 is 0 Å². The van der Waals surface area contributed by atoms with Gasteiger partial charge in [0, 0.05) is 17.2 Å².